The van der Waals surface area contributed by atoms with E-state index < -0.39 is 42.0 Å². The van der Waals surface area contributed by atoms with Crippen molar-refractivity contribution in [1.29, 1.82) is 0 Å². The molecule has 0 aliphatic carbocycles. The Bertz CT molecular complexity index is 808. The highest BCUT2D eigenvalue weighted by molar-refractivity contribution is 5.97. The summed E-state index contributed by atoms with van der Waals surface area (Å²) in [6, 6.07) is 7.81. The van der Waals surface area contributed by atoms with Crippen LogP contribution in [0.4, 0.5) is 13.2 Å². The van der Waals surface area contributed by atoms with Gasteiger partial charge in [-0.2, -0.15) is 0 Å². The van der Waals surface area contributed by atoms with Crippen LogP contribution in [0.25, 0.3) is 0 Å². The van der Waals surface area contributed by atoms with Crippen LogP contribution in [0.1, 0.15) is 29.8 Å². The smallest absolute Gasteiger partial charge is 0.329 e. The summed E-state index contributed by atoms with van der Waals surface area (Å²) in [5, 5.41) is 2.41. The lowest BCUT2D eigenvalue weighted by molar-refractivity contribution is -0.148. The van der Waals surface area contributed by atoms with Gasteiger partial charge < -0.3 is 10.1 Å². The number of ether oxygens (including phenoxy) is 1. The van der Waals surface area contributed by atoms with Crippen molar-refractivity contribution in [3.05, 3.63) is 71.0 Å². The zero-order valence-electron chi connectivity index (χ0n) is 14.3. The fraction of sp³-hybridized carbons (Fsp3) is 0.263. The van der Waals surface area contributed by atoms with Gasteiger partial charge in [0.25, 0.3) is 5.91 Å². The zero-order chi connectivity index (χ0) is 19.3. The molecule has 1 amide bonds. The van der Waals surface area contributed by atoms with Crippen LogP contribution >= 0.6 is 0 Å². The number of hydrogen-bond acceptors (Lipinski definition) is 3. The molecule has 0 saturated heterocycles. The van der Waals surface area contributed by atoms with E-state index in [9.17, 15) is 22.8 Å². The summed E-state index contributed by atoms with van der Waals surface area (Å²) >= 11 is 0. The third-order valence-corrected chi connectivity index (χ3v) is 3.73. The Labute approximate surface area is 149 Å². The Hall–Kier alpha value is -2.83. The molecule has 0 aliphatic rings. The van der Waals surface area contributed by atoms with Crippen molar-refractivity contribution in [2.45, 2.75) is 26.5 Å². The van der Waals surface area contributed by atoms with Crippen LogP contribution in [0.2, 0.25) is 0 Å². The first kappa shape index (κ1) is 19.5. The Kier molecular flexibility index (Phi) is 6.38. The largest absolute Gasteiger partial charge is 0.459 e. The number of halogens is 3. The second kappa shape index (κ2) is 8.51. The molecule has 4 nitrogen and oxygen atoms in total. The van der Waals surface area contributed by atoms with Crippen molar-refractivity contribution in [3.63, 3.8) is 0 Å². The number of hydrogen-bond donors (Lipinski definition) is 1. The summed E-state index contributed by atoms with van der Waals surface area (Å²) in [7, 11) is 0. The van der Waals surface area contributed by atoms with E-state index >= 15 is 0 Å². The molecular formula is C19H18F3NO3. The number of benzene rings is 2. The molecule has 1 atom stereocenters. The predicted octanol–water partition coefficient (Wildman–Crippen LogP) is 3.60. The first-order chi connectivity index (χ1) is 12.3. The minimum absolute atomic E-state index is 0.124. The monoisotopic (exact) mass is 365 g/mol. The van der Waals surface area contributed by atoms with Gasteiger partial charge >= 0.3 is 5.97 Å². The van der Waals surface area contributed by atoms with Gasteiger partial charge in [0.15, 0.2) is 11.6 Å². The number of rotatable bonds is 6. The van der Waals surface area contributed by atoms with Gasteiger partial charge in [0.05, 0.1) is 5.56 Å². The number of esters is 1. The lowest BCUT2D eigenvalue weighted by Gasteiger charge is -2.21. The van der Waals surface area contributed by atoms with Crippen molar-refractivity contribution >= 4 is 11.9 Å². The van der Waals surface area contributed by atoms with E-state index in [1.807, 2.05) is 0 Å². The van der Waals surface area contributed by atoms with E-state index in [1.165, 1.54) is 30.3 Å². The molecule has 0 spiro atoms. The molecule has 2 aromatic rings. The fourth-order valence-corrected chi connectivity index (χ4v) is 2.26. The minimum atomic E-state index is -1.10. The van der Waals surface area contributed by atoms with Crippen LogP contribution < -0.4 is 5.32 Å². The average Bonchev–Trinajstić information content (AvgIpc) is 2.60. The molecular weight excluding hydrogens is 347 g/mol. The topological polar surface area (TPSA) is 55.4 Å². The fourth-order valence-electron chi connectivity index (χ4n) is 2.26. The normalized spacial score (nSPS) is 11.9. The van der Waals surface area contributed by atoms with E-state index in [1.54, 1.807) is 13.8 Å². The highest BCUT2D eigenvalue weighted by atomic mass is 19.2. The maximum atomic E-state index is 13.7. The van der Waals surface area contributed by atoms with E-state index in [-0.39, 0.29) is 17.0 Å². The summed E-state index contributed by atoms with van der Waals surface area (Å²) in [5.74, 6) is -4.83. The van der Waals surface area contributed by atoms with Crippen LogP contribution in [0.3, 0.4) is 0 Å². The van der Waals surface area contributed by atoms with Crippen molar-refractivity contribution in [2.24, 2.45) is 5.92 Å². The molecule has 0 bridgehead atoms. The van der Waals surface area contributed by atoms with Crippen LogP contribution in [0, 0.1) is 23.4 Å². The molecule has 138 valence electrons. The van der Waals surface area contributed by atoms with Gasteiger partial charge in [-0.1, -0.05) is 38.1 Å². The summed E-state index contributed by atoms with van der Waals surface area (Å²) in [5.41, 5.74) is -0.330. The summed E-state index contributed by atoms with van der Waals surface area (Å²) in [6.45, 7) is 2.84. The maximum Gasteiger partial charge on any atom is 0.329 e. The highest BCUT2D eigenvalue weighted by Crippen LogP contribution is 2.14. The van der Waals surface area contributed by atoms with Crippen molar-refractivity contribution in [3.8, 4) is 0 Å². The van der Waals surface area contributed by atoms with Crippen molar-refractivity contribution < 1.29 is 27.5 Å². The Morgan fingerprint density at radius 3 is 2.31 bits per heavy atom. The quantitative estimate of drug-likeness (QED) is 0.796. The number of carbonyl (C=O) groups is 2. The van der Waals surface area contributed by atoms with Crippen molar-refractivity contribution in [1.82, 2.24) is 5.32 Å². The standard InChI is InChI=1S/C19H18F3NO3/c1-11(2)17(23-18(24)13-7-3-4-8-14(13)20)19(25)26-10-12-6-5-9-15(21)16(12)22/h3-9,11,17H,10H2,1-2H3,(H,23,24)/t17-/m0/s1. The molecule has 0 fully saturated rings. The molecule has 1 N–H and O–H groups in total. The summed E-state index contributed by atoms with van der Waals surface area (Å²) in [4.78, 5) is 24.4. The molecule has 0 aliphatic heterocycles. The van der Waals surface area contributed by atoms with Gasteiger partial charge in [0.2, 0.25) is 0 Å². The Morgan fingerprint density at radius 2 is 1.65 bits per heavy atom. The molecule has 0 heterocycles. The first-order valence-corrected chi connectivity index (χ1v) is 7.96. The van der Waals surface area contributed by atoms with Gasteiger partial charge in [-0.3, -0.25) is 4.79 Å². The second-order valence-corrected chi connectivity index (χ2v) is 6.00. The maximum absolute atomic E-state index is 13.7. The molecule has 0 saturated carbocycles. The molecule has 0 radical (unpaired) electrons. The SMILES string of the molecule is CC(C)[C@H](NC(=O)c1ccccc1F)C(=O)OCc1cccc(F)c1F. The van der Waals surface area contributed by atoms with Crippen LogP contribution in [-0.4, -0.2) is 17.9 Å². The van der Waals surface area contributed by atoms with Gasteiger partial charge in [0.1, 0.15) is 18.5 Å². The van der Waals surface area contributed by atoms with E-state index in [0.29, 0.717) is 0 Å². The van der Waals surface area contributed by atoms with Gasteiger partial charge in [-0.25, -0.2) is 18.0 Å². The van der Waals surface area contributed by atoms with Crippen LogP contribution in [-0.2, 0) is 16.1 Å². The zero-order valence-corrected chi connectivity index (χ0v) is 14.3. The molecule has 26 heavy (non-hydrogen) atoms. The predicted molar refractivity (Wildman–Crippen MR) is 88.6 cm³/mol. The lowest BCUT2D eigenvalue weighted by atomic mass is 10.0. The number of carbonyl (C=O) groups excluding carboxylic acids is 2. The molecule has 2 aromatic carbocycles. The van der Waals surface area contributed by atoms with Crippen molar-refractivity contribution in [2.75, 3.05) is 0 Å². The van der Waals surface area contributed by atoms with E-state index in [0.717, 1.165) is 12.1 Å². The van der Waals surface area contributed by atoms with Gasteiger partial charge in [-0.05, 0) is 24.1 Å². The third kappa shape index (κ3) is 4.62. The Balaban J connectivity index is 2.07. The third-order valence-electron chi connectivity index (χ3n) is 3.73. The van der Waals surface area contributed by atoms with Gasteiger partial charge in [0, 0.05) is 5.56 Å². The van der Waals surface area contributed by atoms with Crippen LogP contribution in [0.15, 0.2) is 42.5 Å². The number of nitrogens with one attached hydrogen (secondary N) is 1. The van der Waals surface area contributed by atoms with Gasteiger partial charge in [-0.15, -0.1) is 0 Å². The average molecular weight is 365 g/mol. The van der Waals surface area contributed by atoms with E-state index in [2.05, 4.69) is 5.32 Å². The second-order valence-electron chi connectivity index (χ2n) is 6.00. The molecule has 0 unspecified atom stereocenters. The van der Waals surface area contributed by atoms with E-state index in [4.69, 9.17) is 4.74 Å². The summed E-state index contributed by atoms with van der Waals surface area (Å²) in [6.07, 6.45) is 0. The summed E-state index contributed by atoms with van der Waals surface area (Å²) < 4.78 is 45.5. The van der Waals surface area contributed by atoms with Crippen LogP contribution in [0.5, 0.6) is 0 Å². The molecule has 7 heteroatoms. The highest BCUT2D eigenvalue weighted by Gasteiger charge is 2.27. The minimum Gasteiger partial charge on any atom is -0.459 e. The Morgan fingerprint density at radius 1 is 1.00 bits per heavy atom. The first-order valence-electron chi connectivity index (χ1n) is 7.96. The molecule has 0 aromatic heterocycles. The lowest BCUT2D eigenvalue weighted by Crippen LogP contribution is -2.45. The molecule has 2 rings (SSSR count). The number of amides is 1.